The number of fused-ring (bicyclic) bond motifs is 3. The second-order valence-corrected chi connectivity index (χ2v) is 11.8. The summed E-state index contributed by atoms with van der Waals surface area (Å²) in [6.45, 7) is 2.84. The molecule has 2 aromatic heterocycles. The van der Waals surface area contributed by atoms with Crippen molar-refractivity contribution in [3.05, 3.63) is 40.5 Å². The Morgan fingerprint density at radius 2 is 1.97 bits per heavy atom. The van der Waals surface area contributed by atoms with Crippen molar-refractivity contribution in [1.29, 1.82) is 0 Å². The van der Waals surface area contributed by atoms with Crippen LogP contribution in [-0.4, -0.2) is 39.4 Å². The smallest absolute Gasteiger partial charge is 0.335 e. The minimum Gasteiger partial charge on any atom is -0.478 e. The van der Waals surface area contributed by atoms with Gasteiger partial charge in [0.05, 0.1) is 28.7 Å². The maximum atomic E-state index is 14.5. The first-order chi connectivity index (χ1) is 17.0. The maximum absolute atomic E-state index is 14.5. The first-order valence-electron chi connectivity index (χ1n) is 12.7. The number of hydrogen-bond acceptors (Lipinski definition) is 7. The van der Waals surface area contributed by atoms with E-state index in [-0.39, 0.29) is 17.2 Å². The summed E-state index contributed by atoms with van der Waals surface area (Å²) in [5.41, 5.74) is 2.54. The summed E-state index contributed by atoms with van der Waals surface area (Å²) < 4.78 is 27.4. The van der Waals surface area contributed by atoms with Crippen molar-refractivity contribution < 1.29 is 23.6 Å². The zero-order chi connectivity index (χ0) is 23.8. The fraction of sp³-hybridized carbons (Fsp3) is 0.577. The Balaban J connectivity index is 1.08. The van der Waals surface area contributed by atoms with Crippen LogP contribution in [-0.2, 0) is 11.3 Å². The van der Waals surface area contributed by atoms with E-state index in [0.717, 1.165) is 48.3 Å². The third-order valence-corrected chi connectivity index (χ3v) is 9.33. The molecule has 2 bridgehead atoms. The van der Waals surface area contributed by atoms with E-state index in [9.17, 15) is 14.3 Å². The number of rotatable bonds is 7. The second kappa shape index (κ2) is 8.00. The Kier molecular flexibility index (Phi) is 4.97. The Morgan fingerprint density at radius 1 is 1.23 bits per heavy atom. The Bertz CT molecular complexity index is 1300. The summed E-state index contributed by atoms with van der Waals surface area (Å²) in [6, 6.07) is 3.18. The molecule has 0 spiro atoms. The molecule has 2 aliphatic carbocycles. The van der Waals surface area contributed by atoms with Gasteiger partial charge in [0, 0.05) is 29.5 Å². The lowest BCUT2D eigenvalue weighted by atomic mass is 10.00. The first-order valence-corrected chi connectivity index (χ1v) is 13.5. The molecule has 9 heteroatoms. The lowest BCUT2D eigenvalue weighted by Gasteiger charge is -2.38. The number of hydrogen-bond donors (Lipinski definition) is 1. The Morgan fingerprint density at radius 3 is 2.63 bits per heavy atom. The topological polar surface area (TPSA) is 88.7 Å². The standard InChI is InChI=1S/C26H28FN3O4S/c1-12-6-18(12)22-19(24(34-29-22)13-2-3-13)11-33-17-9-15-4-5-16(10-17)30(15)26-28-23-20(27)7-14(25(31)32)8-21(23)35-26/h7-8,12-13,15-18H,2-6,9-11H2,1H3,(H,31,32)/t12-,15-,16+,17-,18-/m0/s1. The van der Waals surface area contributed by atoms with E-state index >= 15 is 0 Å². The SMILES string of the molecule is C[C@H]1C[C@@H]1c1noc(C2CC2)c1CO[C@@H]1C[C@H]2CC[C@@H](C1)N2c1nc2c(F)cc(C(=O)O)cc2s1. The highest BCUT2D eigenvalue weighted by molar-refractivity contribution is 7.22. The molecule has 5 atom stereocenters. The van der Waals surface area contributed by atoms with Gasteiger partial charge in [-0.2, -0.15) is 0 Å². The van der Waals surface area contributed by atoms with Crippen molar-refractivity contribution in [2.75, 3.05) is 4.90 Å². The minimum atomic E-state index is -1.13. The van der Waals surface area contributed by atoms with Gasteiger partial charge in [-0.1, -0.05) is 23.4 Å². The highest BCUT2D eigenvalue weighted by atomic mass is 32.1. The molecule has 1 aromatic carbocycles. The van der Waals surface area contributed by atoms with Gasteiger partial charge in [0.25, 0.3) is 0 Å². The number of nitrogens with zero attached hydrogens (tertiary/aromatic N) is 3. The average molecular weight is 498 g/mol. The molecule has 7 rings (SSSR count). The van der Waals surface area contributed by atoms with Crippen LogP contribution in [0.2, 0.25) is 0 Å². The lowest BCUT2D eigenvalue weighted by molar-refractivity contribution is 0.0142. The molecule has 4 fully saturated rings. The normalized spacial score (nSPS) is 29.8. The van der Waals surface area contributed by atoms with E-state index in [4.69, 9.17) is 9.26 Å². The number of carbonyl (C=O) groups is 1. The molecule has 2 saturated heterocycles. The molecular formula is C26H28FN3O4S. The molecule has 0 unspecified atom stereocenters. The summed E-state index contributed by atoms with van der Waals surface area (Å²) in [4.78, 5) is 18.2. The van der Waals surface area contributed by atoms with Gasteiger partial charge in [0.15, 0.2) is 10.9 Å². The number of carboxylic acid groups (broad SMARTS) is 1. The Labute approximate surface area is 206 Å². The number of thiazole rings is 1. The average Bonchev–Trinajstić information content (AvgIpc) is 3.69. The van der Waals surface area contributed by atoms with E-state index in [1.54, 1.807) is 0 Å². The number of ether oxygens (including phenoxy) is 1. The summed E-state index contributed by atoms with van der Waals surface area (Å²) in [7, 11) is 0. The van der Waals surface area contributed by atoms with Gasteiger partial charge in [-0.3, -0.25) is 0 Å². The molecule has 4 aliphatic rings. The van der Waals surface area contributed by atoms with E-state index in [0.29, 0.717) is 41.1 Å². The molecule has 0 radical (unpaired) electrons. The van der Waals surface area contributed by atoms with Crippen molar-refractivity contribution in [3.8, 4) is 0 Å². The molecule has 184 valence electrons. The van der Waals surface area contributed by atoms with Gasteiger partial charge in [0.2, 0.25) is 0 Å². The Hall–Kier alpha value is -2.52. The van der Waals surface area contributed by atoms with E-state index in [2.05, 4.69) is 22.0 Å². The monoisotopic (exact) mass is 497 g/mol. The number of aromatic carboxylic acids is 1. The highest BCUT2D eigenvalue weighted by Crippen LogP contribution is 2.51. The molecule has 2 saturated carbocycles. The summed E-state index contributed by atoms with van der Waals surface area (Å²) in [5, 5.41) is 14.5. The van der Waals surface area contributed by atoms with Crippen LogP contribution in [0.3, 0.4) is 0 Å². The van der Waals surface area contributed by atoms with Crippen LogP contribution in [0, 0.1) is 11.7 Å². The van der Waals surface area contributed by atoms with E-state index in [1.165, 1.54) is 42.2 Å². The maximum Gasteiger partial charge on any atom is 0.335 e. The van der Waals surface area contributed by atoms with Gasteiger partial charge in [-0.25, -0.2) is 14.2 Å². The van der Waals surface area contributed by atoms with Crippen molar-refractivity contribution in [2.24, 2.45) is 5.92 Å². The third kappa shape index (κ3) is 3.74. The number of aromatic nitrogens is 2. The van der Waals surface area contributed by atoms with Gasteiger partial charge in [-0.15, -0.1) is 0 Å². The molecule has 0 amide bonds. The van der Waals surface area contributed by atoms with Crippen LogP contribution >= 0.6 is 11.3 Å². The molecule has 4 heterocycles. The van der Waals surface area contributed by atoms with Crippen LogP contribution in [0.1, 0.15) is 91.1 Å². The number of anilines is 1. The van der Waals surface area contributed by atoms with E-state index < -0.39 is 11.8 Å². The quantitative estimate of drug-likeness (QED) is 0.439. The van der Waals surface area contributed by atoms with Gasteiger partial charge < -0.3 is 19.3 Å². The highest BCUT2D eigenvalue weighted by Gasteiger charge is 2.44. The summed E-state index contributed by atoms with van der Waals surface area (Å²) in [6.07, 6.45) is 7.66. The van der Waals surface area contributed by atoms with Gasteiger partial charge >= 0.3 is 5.97 Å². The third-order valence-electron chi connectivity index (χ3n) is 8.32. The largest absolute Gasteiger partial charge is 0.478 e. The summed E-state index contributed by atoms with van der Waals surface area (Å²) in [5.74, 6) is 1.06. The number of halogens is 1. The van der Waals surface area contributed by atoms with Crippen LogP contribution in [0.25, 0.3) is 10.2 Å². The van der Waals surface area contributed by atoms with Crippen LogP contribution in [0.15, 0.2) is 16.7 Å². The van der Waals surface area contributed by atoms with Crippen molar-refractivity contribution >= 4 is 32.7 Å². The van der Waals surface area contributed by atoms with Gasteiger partial charge in [-0.05, 0) is 63.0 Å². The lowest BCUT2D eigenvalue weighted by Crippen LogP contribution is -2.45. The number of carboxylic acids is 1. The zero-order valence-electron chi connectivity index (χ0n) is 19.6. The molecule has 35 heavy (non-hydrogen) atoms. The van der Waals surface area contributed by atoms with Crippen molar-refractivity contribution in [1.82, 2.24) is 10.1 Å². The van der Waals surface area contributed by atoms with Crippen LogP contribution < -0.4 is 4.90 Å². The molecule has 3 aromatic rings. The molecule has 1 N–H and O–H groups in total. The molecule has 2 aliphatic heterocycles. The molecular weight excluding hydrogens is 469 g/mol. The summed E-state index contributed by atoms with van der Waals surface area (Å²) >= 11 is 1.38. The first kappa shape index (κ1) is 21.7. The van der Waals surface area contributed by atoms with Crippen LogP contribution in [0.4, 0.5) is 9.52 Å². The van der Waals surface area contributed by atoms with E-state index in [1.807, 2.05) is 0 Å². The fourth-order valence-corrected chi connectivity index (χ4v) is 7.29. The minimum absolute atomic E-state index is 0.0421. The number of piperidine rings is 1. The number of benzene rings is 1. The predicted octanol–water partition coefficient (Wildman–Crippen LogP) is 5.84. The predicted molar refractivity (Wildman–Crippen MR) is 129 cm³/mol. The second-order valence-electron chi connectivity index (χ2n) is 10.8. The molecule has 7 nitrogen and oxygen atoms in total. The zero-order valence-corrected chi connectivity index (χ0v) is 20.4. The van der Waals surface area contributed by atoms with Crippen LogP contribution in [0.5, 0.6) is 0 Å². The van der Waals surface area contributed by atoms with Crippen molar-refractivity contribution in [2.45, 2.75) is 88.5 Å². The fourth-order valence-electron chi connectivity index (χ4n) is 6.13. The van der Waals surface area contributed by atoms with Crippen molar-refractivity contribution in [3.63, 3.8) is 0 Å². The van der Waals surface area contributed by atoms with Gasteiger partial charge in [0.1, 0.15) is 11.3 Å².